The summed E-state index contributed by atoms with van der Waals surface area (Å²) in [5, 5.41) is 12.9. The topological polar surface area (TPSA) is 92.4 Å². The van der Waals surface area contributed by atoms with Gasteiger partial charge in [0.15, 0.2) is 0 Å². The third-order valence-electron chi connectivity index (χ3n) is 1.75. The van der Waals surface area contributed by atoms with Crippen LogP contribution in [0.15, 0.2) is 17.5 Å². The zero-order chi connectivity index (χ0) is 11.3. The monoisotopic (exact) mass is 228 g/mol. The second kappa shape index (κ2) is 5.47. The molecule has 0 saturated heterocycles. The molecular weight excluding hydrogens is 216 g/mol. The first-order chi connectivity index (χ1) is 7.09. The van der Waals surface area contributed by atoms with Gasteiger partial charge in [0.05, 0.1) is 19.0 Å². The van der Waals surface area contributed by atoms with E-state index in [9.17, 15) is 9.59 Å². The van der Waals surface area contributed by atoms with Gasteiger partial charge in [-0.1, -0.05) is 6.07 Å². The quantitative estimate of drug-likeness (QED) is 0.669. The molecule has 0 aliphatic heterocycles. The third-order valence-corrected chi connectivity index (χ3v) is 2.62. The molecule has 0 aliphatic rings. The Kier molecular flexibility index (Phi) is 4.26. The molecule has 0 fully saturated rings. The highest BCUT2D eigenvalue weighted by Crippen LogP contribution is 2.07. The van der Waals surface area contributed by atoms with E-state index in [2.05, 4.69) is 5.32 Å². The normalized spacial score (nSPS) is 12.1. The van der Waals surface area contributed by atoms with Crippen LogP contribution in [0.3, 0.4) is 0 Å². The number of carbonyl (C=O) groups is 2. The summed E-state index contributed by atoms with van der Waals surface area (Å²) < 4.78 is 0. The molecule has 1 amide bonds. The van der Waals surface area contributed by atoms with E-state index in [0.717, 1.165) is 4.88 Å². The average Bonchev–Trinajstić information content (AvgIpc) is 2.65. The summed E-state index contributed by atoms with van der Waals surface area (Å²) in [4.78, 5) is 22.6. The second-order valence-corrected chi connectivity index (χ2v) is 4.03. The molecule has 1 aromatic heterocycles. The fourth-order valence-electron chi connectivity index (χ4n) is 0.999. The summed E-state index contributed by atoms with van der Waals surface area (Å²) in [5.41, 5.74) is 5.37. The number of thiophene rings is 1. The van der Waals surface area contributed by atoms with Gasteiger partial charge in [0, 0.05) is 4.88 Å². The number of aliphatic carboxylic acids is 1. The van der Waals surface area contributed by atoms with Crippen molar-refractivity contribution < 1.29 is 14.7 Å². The van der Waals surface area contributed by atoms with Crippen molar-refractivity contribution in [2.45, 2.75) is 19.0 Å². The molecule has 0 spiro atoms. The first-order valence-electron chi connectivity index (χ1n) is 4.37. The largest absolute Gasteiger partial charge is 0.481 e. The lowest BCUT2D eigenvalue weighted by Gasteiger charge is -2.08. The van der Waals surface area contributed by atoms with E-state index in [4.69, 9.17) is 10.8 Å². The van der Waals surface area contributed by atoms with Gasteiger partial charge in [0.1, 0.15) is 0 Å². The van der Waals surface area contributed by atoms with Gasteiger partial charge in [-0.05, 0) is 11.4 Å². The minimum Gasteiger partial charge on any atom is -0.481 e. The van der Waals surface area contributed by atoms with Crippen LogP contribution in [0.5, 0.6) is 0 Å². The van der Waals surface area contributed by atoms with Crippen LogP contribution in [0.4, 0.5) is 0 Å². The summed E-state index contributed by atoms with van der Waals surface area (Å²) in [6.07, 6.45) is -0.351. The Balaban J connectivity index is 2.32. The van der Waals surface area contributed by atoms with Crippen molar-refractivity contribution in [2.24, 2.45) is 5.73 Å². The van der Waals surface area contributed by atoms with Crippen LogP contribution in [0.25, 0.3) is 0 Å². The van der Waals surface area contributed by atoms with E-state index in [0.29, 0.717) is 6.54 Å². The maximum absolute atomic E-state index is 11.3. The number of carbonyl (C=O) groups excluding carboxylic acids is 1. The average molecular weight is 228 g/mol. The molecule has 6 heteroatoms. The van der Waals surface area contributed by atoms with Crippen molar-refractivity contribution in [2.75, 3.05) is 0 Å². The minimum absolute atomic E-state index is 0.351. The Hall–Kier alpha value is -1.40. The molecule has 1 aromatic rings. The number of carboxylic acid groups (broad SMARTS) is 1. The van der Waals surface area contributed by atoms with Crippen LogP contribution in [-0.4, -0.2) is 23.0 Å². The van der Waals surface area contributed by atoms with Crippen molar-refractivity contribution in [3.8, 4) is 0 Å². The molecule has 0 radical (unpaired) electrons. The number of nitrogens with two attached hydrogens (primary N) is 1. The smallest absolute Gasteiger partial charge is 0.305 e. The molecule has 4 N–H and O–H groups in total. The highest BCUT2D eigenvalue weighted by Gasteiger charge is 2.16. The predicted molar refractivity (Wildman–Crippen MR) is 56.4 cm³/mol. The summed E-state index contributed by atoms with van der Waals surface area (Å²) >= 11 is 1.52. The first-order valence-corrected chi connectivity index (χ1v) is 5.25. The zero-order valence-corrected chi connectivity index (χ0v) is 8.79. The van der Waals surface area contributed by atoms with Crippen LogP contribution in [0, 0.1) is 0 Å². The van der Waals surface area contributed by atoms with Gasteiger partial charge in [0.2, 0.25) is 5.91 Å². The number of nitrogens with one attached hydrogen (secondary N) is 1. The highest BCUT2D eigenvalue weighted by molar-refractivity contribution is 7.09. The lowest BCUT2D eigenvalue weighted by Crippen LogP contribution is -2.41. The van der Waals surface area contributed by atoms with Gasteiger partial charge in [-0.15, -0.1) is 11.3 Å². The van der Waals surface area contributed by atoms with E-state index in [1.165, 1.54) is 11.3 Å². The third kappa shape index (κ3) is 4.09. The summed E-state index contributed by atoms with van der Waals surface area (Å²) in [5.74, 6) is -1.51. The summed E-state index contributed by atoms with van der Waals surface area (Å²) in [6.45, 7) is 0.393. The molecule has 0 bridgehead atoms. The lowest BCUT2D eigenvalue weighted by atomic mass is 10.2. The van der Waals surface area contributed by atoms with Gasteiger partial charge >= 0.3 is 5.97 Å². The van der Waals surface area contributed by atoms with E-state index >= 15 is 0 Å². The standard InChI is InChI=1S/C9H12N2O3S/c10-7(4-8(12)13)9(14)11-5-6-2-1-3-15-6/h1-3,7H,4-5,10H2,(H,11,14)(H,12,13). The molecule has 1 heterocycles. The van der Waals surface area contributed by atoms with Crippen LogP contribution < -0.4 is 11.1 Å². The summed E-state index contributed by atoms with van der Waals surface area (Å²) in [7, 11) is 0. The van der Waals surface area contributed by atoms with E-state index in [-0.39, 0.29) is 6.42 Å². The number of hydrogen-bond acceptors (Lipinski definition) is 4. The van der Waals surface area contributed by atoms with Crippen molar-refractivity contribution >= 4 is 23.2 Å². The minimum atomic E-state index is -1.08. The van der Waals surface area contributed by atoms with E-state index < -0.39 is 17.9 Å². The van der Waals surface area contributed by atoms with Gasteiger partial charge in [-0.25, -0.2) is 0 Å². The van der Waals surface area contributed by atoms with Crippen LogP contribution in [0.2, 0.25) is 0 Å². The molecule has 0 aliphatic carbocycles. The van der Waals surface area contributed by atoms with E-state index in [1.807, 2.05) is 17.5 Å². The van der Waals surface area contributed by atoms with Crippen LogP contribution in [-0.2, 0) is 16.1 Å². The van der Waals surface area contributed by atoms with Crippen molar-refractivity contribution in [1.29, 1.82) is 0 Å². The molecule has 15 heavy (non-hydrogen) atoms. The Bertz CT molecular complexity index is 337. The molecule has 1 rings (SSSR count). The van der Waals surface area contributed by atoms with Crippen molar-refractivity contribution in [3.05, 3.63) is 22.4 Å². The van der Waals surface area contributed by atoms with Gasteiger partial charge in [0.25, 0.3) is 0 Å². The predicted octanol–water partition coefficient (Wildman–Crippen LogP) is 0.166. The molecule has 0 aromatic carbocycles. The molecule has 82 valence electrons. The van der Waals surface area contributed by atoms with Crippen molar-refractivity contribution in [3.63, 3.8) is 0 Å². The molecular formula is C9H12N2O3S. The second-order valence-electron chi connectivity index (χ2n) is 3.00. The number of rotatable bonds is 5. The van der Waals surface area contributed by atoms with Crippen LogP contribution in [0.1, 0.15) is 11.3 Å². The SMILES string of the molecule is NC(CC(=O)O)C(=O)NCc1cccs1. The number of amides is 1. The zero-order valence-electron chi connectivity index (χ0n) is 7.97. The molecule has 1 unspecified atom stereocenters. The van der Waals surface area contributed by atoms with Gasteiger partial charge in [-0.2, -0.15) is 0 Å². The molecule has 5 nitrogen and oxygen atoms in total. The highest BCUT2D eigenvalue weighted by atomic mass is 32.1. The fourth-order valence-corrected chi connectivity index (χ4v) is 1.64. The number of carboxylic acids is 1. The van der Waals surface area contributed by atoms with E-state index in [1.54, 1.807) is 0 Å². The van der Waals surface area contributed by atoms with Gasteiger partial charge < -0.3 is 16.2 Å². The van der Waals surface area contributed by atoms with Crippen LogP contribution >= 0.6 is 11.3 Å². The Morgan fingerprint density at radius 3 is 2.87 bits per heavy atom. The molecule has 1 atom stereocenters. The maximum atomic E-state index is 11.3. The van der Waals surface area contributed by atoms with Gasteiger partial charge in [-0.3, -0.25) is 9.59 Å². The number of hydrogen-bond donors (Lipinski definition) is 3. The lowest BCUT2D eigenvalue weighted by molar-refractivity contribution is -0.139. The summed E-state index contributed by atoms with van der Waals surface area (Å²) in [6, 6.07) is 2.78. The van der Waals surface area contributed by atoms with Crippen molar-refractivity contribution in [1.82, 2.24) is 5.32 Å². The Morgan fingerprint density at radius 1 is 1.60 bits per heavy atom. The Morgan fingerprint density at radius 2 is 2.33 bits per heavy atom. The fraction of sp³-hybridized carbons (Fsp3) is 0.333. The maximum Gasteiger partial charge on any atom is 0.305 e. The Labute approximate surface area is 90.9 Å². The molecule has 0 saturated carbocycles. The first kappa shape index (κ1) is 11.7.